The number of carbonyl (C=O) groups excluding carboxylic acids is 3. The zero-order valence-electron chi connectivity index (χ0n) is 24.7. The van der Waals surface area contributed by atoms with Crippen LogP contribution in [-0.2, 0) is 20.9 Å². The number of carbonyl (C=O) groups is 3. The van der Waals surface area contributed by atoms with Crippen LogP contribution in [0, 0.1) is 13.8 Å². The first-order valence-electron chi connectivity index (χ1n) is 13.9. The summed E-state index contributed by atoms with van der Waals surface area (Å²) in [6, 6.07) is 20.5. The van der Waals surface area contributed by atoms with E-state index in [1.54, 1.807) is 39.2 Å². The predicted octanol–water partition coefficient (Wildman–Crippen LogP) is 6.85. The van der Waals surface area contributed by atoms with Crippen molar-refractivity contribution < 1.29 is 23.9 Å². The number of fused-ring (bicyclic) bond motifs is 1. The Kier molecular flexibility index (Phi) is 9.57. The molecule has 3 aromatic carbocycles. The van der Waals surface area contributed by atoms with E-state index in [-0.39, 0.29) is 25.0 Å². The lowest BCUT2D eigenvalue weighted by atomic mass is 9.93. The molecule has 0 saturated carbocycles. The van der Waals surface area contributed by atoms with Crippen LogP contribution in [0.15, 0.2) is 79.1 Å². The molecule has 2 amide bonds. The normalized spacial score (nSPS) is 11.9. The van der Waals surface area contributed by atoms with Crippen LogP contribution >= 0.6 is 0 Å². The summed E-state index contributed by atoms with van der Waals surface area (Å²) in [5, 5.41) is 7.70. The molecule has 0 aliphatic carbocycles. The molecule has 4 rings (SSSR count). The fourth-order valence-corrected chi connectivity index (χ4v) is 4.59. The molecular weight excluding hydrogens is 530 g/mol. The number of esters is 1. The summed E-state index contributed by atoms with van der Waals surface area (Å²) >= 11 is 0. The van der Waals surface area contributed by atoms with Gasteiger partial charge in [0.1, 0.15) is 12.2 Å². The summed E-state index contributed by atoms with van der Waals surface area (Å²) in [5.74, 6) is -1.14. The molecule has 42 heavy (non-hydrogen) atoms. The standard InChI is InChI=1S/C34H37N3O5/c1-22-6-13-29(23(2)18-22)32(39)41-21-24-7-9-25(10-8-24)30(15-17-36-33(40)42-34(3,4)5)31(38)37-28-12-11-27-20-35-16-14-26(27)19-28/h6-14,16,18-20,30H,15,17,21H2,1-5H3,(H,36,40)(H,37,38)/t30-/m1/s1. The van der Waals surface area contributed by atoms with Crippen LogP contribution < -0.4 is 10.6 Å². The van der Waals surface area contributed by atoms with E-state index in [0.717, 1.165) is 33.0 Å². The Balaban J connectivity index is 1.46. The number of nitrogens with one attached hydrogen (secondary N) is 2. The topological polar surface area (TPSA) is 107 Å². The number of aryl methyl sites for hydroxylation is 2. The molecule has 4 aromatic rings. The molecule has 0 spiro atoms. The van der Waals surface area contributed by atoms with Gasteiger partial charge in [0.2, 0.25) is 5.91 Å². The van der Waals surface area contributed by atoms with Gasteiger partial charge < -0.3 is 20.1 Å². The van der Waals surface area contributed by atoms with Crippen LogP contribution in [0.25, 0.3) is 10.8 Å². The minimum absolute atomic E-state index is 0.107. The van der Waals surface area contributed by atoms with Crippen LogP contribution in [0.3, 0.4) is 0 Å². The first kappa shape index (κ1) is 30.2. The SMILES string of the molecule is Cc1ccc(C(=O)OCc2ccc([C@@H](CCNC(=O)OC(C)(C)C)C(=O)Nc3ccc4cnccc4c3)cc2)c(C)c1. The summed E-state index contributed by atoms with van der Waals surface area (Å²) < 4.78 is 10.9. The van der Waals surface area contributed by atoms with E-state index in [1.807, 2.05) is 74.5 Å². The van der Waals surface area contributed by atoms with Gasteiger partial charge in [-0.3, -0.25) is 9.78 Å². The van der Waals surface area contributed by atoms with Crippen LogP contribution in [0.4, 0.5) is 10.5 Å². The van der Waals surface area contributed by atoms with Crippen molar-refractivity contribution in [2.24, 2.45) is 0 Å². The maximum Gasteiger partial charge on any atom is 0.407 e. The number of hydrogen-bond donors (Lipinski definition) is 2. The number of benzene rings is 3. The number of aromatic nitrogens is 1. The van der Waals surface area contributed by atoms with Gasteiger partial charge in [-0.15, -0.1) is 0 Å². The van der Waals surface area contributed by atoms with Gasteiger partial charge in [-0.05, 0) is 87.4 Å². The van der Waals surface area contributed by atoms with Gasteiger partial charge in [-0.1, -0.05) is 48.0 Å². The number of rotatable bonds is 9. The van der Waals surface area contributed by atoms with E-state index in [1.165, 1.54) is 0 Å². The third kappa shape index (κ3) is 8.39. The molecule has 0 aliphatic rings. The lowest BCUT2D eigenvalue weighted by Gasteiger charge is -2.21. The summed E-state index contributed by atoms with van der Waals surface area (Å²) in [6.07, 6.45) is 3.29. The highest BCUT2D eigenvalue weighted by Crippen LogP contribution is 2.25. The third-order valence-corrected chi connectivity index (χ3v) is 6.68. The fourth-order valence-electron chi connectivity index (χ4n) is 4.59. The van der Waals surface area contributed by atoms with E-state index >= 15 is 0 Å². The van der Waals surface area contributed by atoms with Crippen molar-refractivity contribution in [2.75, 3.05) is 11.9 Å². The van der Waals surface area contributed by atoms with Crippen LogP contribution in [-0.4, -0.2) is 35.1 Å². The Hall–Kier alpha value is -4.72. The van der Waals surface area contributed by atoms with Gasteiger partial charge in [0.05, 0.1) is 11.5 Å². The Bertz CT molecular complexity index is 1570. The Labute approximate surface area is 246 Å². The molecule has 2 N–H and O–H groups in total. The summed E-state index contributed by atoms with van der Waals surface area (Å²) in [5.41, 5.74) is 4.10. The Morgan fingerprint density at radius 2 is 1.67 bits per heavy atom. The molecule has 0 radical (unpaired) electrons. The van der Waals surface area contributed by atoms with E-state index in [9.17, 15) is 14.4 Å². The van der Waals surface area contributed by atoms with Crippen molar-refractivity contribution in [2.45, 2.75) is 59.2 Å². The average molecular weight is 568 g/mol. The highest BCUT2D eigenvalue weighted by molar-refractivity contribution is 5.98. The second-order valence-corrected chi connectivity index (χ2v) is 11.3. The molecule has 0 saturated heterocycles. The maximum atomic E-state index is 13.5. The minimum Gasteiger partial charge on any atom is -0.457 e. The summed E-state index contributed by atoms with van der Waals surface area (Å²) in [4.78, 5) is 42.5. The lowest BCUT2D eigenvalue weighted by molar-refractivity contribution is -0.117. The smallest absolute Gasteiger partial charge is 0.407 e. The molecule has 0 fully saturated rings. The minimum atomic E-state index is -0.621. The van der Waals surface area contributed by atoms with E-state index in [4.69, 9.17) is 9.47 Å². The van der Waals surface area contributed by atoms with Crippen molar-refractivity contribution in [3.63, 3.8) is 0 Å². The van der Waals surface area contributed by atoms with Crippen LogP contribution in [0.1, 0.15) is 65.7 Å². The molecule has 1 atom stereocenters. The summed E-state index contributed by atoms with van der Waals surface area (Å²) in [7, 11) is 0. The van der Waals surface area contributed by atoms with Gasteiger partial charge in [-0.2, -0.15) is 0 Å². The molecule has 0 aliphatic heterocycles. The Morgan fingerprint density at radius 3 is 2.38 bits per heavy atom. The number of anilines is 1. The van der Waals surface area contributed by atoms with Gasteiger partial charge in [0.15, 0.2) is 0 Å². The van der Waals surface area contributed by atoms with Crippen molar-refractivity contribution in [3.8, 4) is 0 Å². The van der Waals surface area contributed by atoms with Crippen molar-refractivity contribution in [3.05, 3.63) is 107 Å². The quantitative estimate of drug-likeness (QED) is 0.214. The fraction of sp³-hybridized carbons (Fsp3) is 0.294. The zero-order chi connectivity index (χ0) is 30.3. The number of nitrogens with zero attached hydrogens (tertiary/aromatic N) is 1. The second kappa shape index (κ2) is 13.3. The molecule has 0 unspecified atom stereocenters. The molecular formula is C34H37N3O5. The van der Waals surface area contributed by atoms with Crippen molar-refractivity contribution in [1.82, 2.24) is 10.3 Å². The lowest BCUT2D eigenvalue weighted by Crippen LogP contribution is -2.34. The Morgan fingerprint density at radius 1 is 0.905 bits per heavy atom. The number of pyridine rings is 1. The maximum absolute atomic E-state index is 13.5. The molecule has 8 heteroatoms. The highest BCUT2D eigenvalue weighted by Gasteiger charge is 2.23. The first-order chi connectivity index (χ1) is 20.0. The van der Waals surface area contributed by atoms with Crippen molar-refractivity contribution in [1.29, 1.82) is 0 Å². The van der Waals surface area contributed by atoms with E-state index in [0.29, 0.717) is 17.7 Å². The largest absolute Gasteiger partial charge is 0.457 e. The number of amides is 2. The highest BCUT2D eigenvalue weighted by atomic mass is 16.6. The van der Waals surface area contributed by atoms with Crippen LogP contribution in [0.5, 0.6) is 0 Å². The average Bonchev–Trinajstić information content (AvgIpc) is 2.93. The summed E-state index contributed by atoms with van der Waals surface area (Å²) in [6.45, 7) is 9.59. The molecule has 0 bridgehead atoms. The molecule has 1 aromatic heterocycles. The number of hydrogen-bond acceptors (Lipinski definition) is 6. The molecule has 218 valence electrons. The van der Waals surface area contributed by atoms with E-state index < -0.39 is 17.6 Å². The zero-order valence-corrected chi connectivity index (χ0v) is 24.7. The van der Waals surface area contributed by atoms with Gasteiger partial charge in [0.25, 0.3) is 0 Å². The van der Waals surface area contributed by atoms with Gasteiger partial charge >= 0.3 is 12.1 Å². The predicted molar refractivity (Wildman–Crippen MR) is 163 cm³/mol. The van der Waals surface area contributed by atoms with Crippen LogP contribution in [0.2, 0.25) is 0 Å². The van der Waals surface area contributed by atoms with E-state index in [2.05, 4.69) is 15.6 Å². The van der Waals surface area contributed by atoms with Gasteiger partial charge in [-0.25, -0.2) is 9.59 Å². The molecule has 1 heterocycles. The second-order valence-electron chi connectivity index (χ2n) is 11.3. The third-order valence-electron chi connectivity index (χ3n) is 6.68. The number of ether oxygens (including phenoxy) is 2. The number of alkyl carbamates (subject to hydrolysis) is 1. The monoisotopic (exact) mass is 567 g/mol. The van der Waals surface area contributed by atoms with Crippen molar-refractivity contribution >= 4 is 34.4 Å². The van der Waals surface area contributed by atoms with Gasteiger partial charge in [0, 0.05) is 30.0 Å². The molecule has 8 nitrogen and oxygen atoms in total. The first-order valence-corrected chi connectivity index (χ1v) is 13.9.